The summed E-state index contributed by atoms with van der Waals surface area (Å²) in [5, 5.41) is 11.7. The van der Waals surface area contributed by atoms with E-state index in [1.54, 1.807) is 18.2 Å². The molecule has 1 aliphatic heterocycles. The fourth-order valence-corrected chi connectivity index (χ4v) is 4.65. The first-order chi connectivity index (χ1) is 17.6. The highest BCUT2D eigenvalue weighted by atomic mass is 16.5. The van der Waals surface area contributed by atoms with Crippen molar-refractivity contribution in [3.8, 4) is 11.5 Å². The molecule has 6 heteroatoms. The van der Waals surface area contributed by atoms with Gasteiger partial charge >= 0.3 is 0 Å². The van der Waals surface area contributed by atoms with Crippen LogP contribution >= 0.6 is 0 Å². The highest BCUT2D eigenvalue weighted by Gasteiger charge is 2.47. The van der Waals surface area contributed by atoms with Crippen LogP contribution in [0.15, 0.2) is 72.3 Å². The summed E-state index contributed by atoms with van der Waals surface area (Å²) in [6.07, 6.45) is 0. The molecule has 0 aromatic heterocycles. The SMILES string of the molecule is CCOc1ccc(C2/C(=C(\O)c3cc(C(C)(C)C)ccc3OC)C(=O)C(=O)N2c2ccccc2C)cc1. The lowest BCUT2D eigenvalue weighted by atomic mass is 9.85. The lowest BCUT2D eigenvalue weighted by Gasteiger charge is -2.27. The molecule has 1 saturated heterocycles. The second kappa shape index (κ2) is 10.1. The number of amides is 1. The zero-order valence-electron chi connectivity index (χ0n) is 22.2. The number of carbonyl (C=O) groups excluding carboxylic acids is 2. The van der Waals surface area contributed by atoms with Gasteiger partial charge in [-0.25, -0.2) is 0 Å². The van der Waals surface area contributed by atoms with Crippen molar-refractivity contribution < 1.29 is 24.2 Å². The van der Waals surface area contributed by atoms with Crippen LogP contribution in [0.4, 0.5) is 5.69 Å². The predicted octanol–water partition coefficient (Wildman–Crippen LogP) is 6.33. The molecule has 6 nitrogen and oxygen atoms in total. The molecular formula is C31H33NO5. The third-order valence-corrected chi connectivity index (χ3v) is 6.65. The number of aliphatic hydroxyl groups is 1. The Balaban J connectivity index is 1.98. The number of carbonyl (C=O) groups is 2. The Morgan fingerprint density at radius 2 is 1.68 bits per heavy atom. The fraction of sp³-hybridized carbons (Fsp3) is 0.290. The number of aryl methyl sites for hydroxylation is 1. The van der Waals surface area contributed by atoms with E-state index in [0.29, 0.717) is 34.9 Å². The average molecular weight is 500 g/mol. The molecule has 0 spiro atoms. The number of rotatable bonds is 6. The van der Waals surface area contributed by atoms with Crippen LogP contribution in [0.3, 0.4) is 0 Å². The van der Waals surface area contributed by atoms with Gasteiger partial charge in [-0.2, -0.15) is 0 Å². The molecule has 3 aromatic rings. The van der Waals surface area contributed by atoms with E-state index in [9.17, 15) is 14.7 Å². The summed E-state index contributed by atoms with van der Waals surface area (Å²) < 4.78 is 11.1. The second-order valence-corrected chi connectivity index (χ2v) is 10.1. The number of ether oxygens (including phenoxy) is 2. The Bertz CT molecular complexity index is 1370. The zero-order valence-corrected chi connectivity index (χ0v) is 22.2. The van der Waals surface area contributed by atoms with Gasteiger partial charge in [-0.3, -0.25) is 14.5 Å². The van der Waals surface area contributed by atoms with Crippen LogP contribution in [0.5, 0.6) is 11.5 Å². The Kier molecular flexibility index (Phi) is 7.12. The van der Waals surface area contributed by atoms with Gasteiger partial charge < -0.3 is 14.6 Å². The molecule has 1 aliphatic rings. The minimum Gasteiger partial charge on any atom is -0.507 e. The molecule has 1 unspecified atom stereocenters. The number of para-hydroxylation sites is 1. The van der Waals surface area contributed by atoms with Crippen molar-refractivity contribution in [2.75, 3.05) is 18.6 Å². The molecule has 37 heavy (non-hydrogen) atoms. The number of anilines is 1. The van der Waals surface area contributed by atoms with Crippen LogP contribution in [0.1, 0.15) is 56.0 Å². The minimum atomic E-state index is -0.834. The first-order valence-electron chi connectivity index (χ1n) is 12.4. The Hall–Kier alpha value is -4.06. The van der Waals surface area contributed by atoms with Crippen LogP contribution in [0.25, 0.3) is 5.76 Å². The van der Waals surface area contributed by atoms with Gasteiger partial charge in [0.25, 0.3) is 11.7 Å². The smallest absolute Gasteiger partial charge is 0.300 e. The van der Waals surface area contributed by atoms with Crippen LogP contribution in [0, 0.1) is 6.92 Å². The quantitative estimate of drug-likeness (QED) is 0.244. The third kappa shape index (κ3) is 4.84. The lowest BCUT2D eigenvalue weighted by molar-refractivity contribution is -0.132. The van der Waals surface area contributed by atoms with Crippen LogP contribution in [0.2, 0.25) is 0 Å². The van der Waals surface area contributed by atoms with Crippen molar-refractivity contribution in [1.29, 1.82) is 0 Å². The maximum absolute atomic E-state index is 13.6. The third-order valence-electron chi connectivity index (χ3n) is 6.65. The van der Waals surface area contributed by atoms with Crippen molar-refractivity contribution in [1.82, 2.24) is 0 Å². The number of nitrogens with zero attached hydrogens (tertiary/aromatic N) is 1. The highest BCUT2D eigenvalue weighted by Crippen LogP contribution is 2.44. The van der Waals surface area contributed by atoms with Gasteiger partial charge in [-0.15, -0.1) is 0 Å². The maximum Gasteiger partial charge on any atom is 0.300 e. The Morgan fingerprint density at radius 3 is 2.27 bits per heavy atom. The van der Waals surface area contributed by atoms with E-state index < -0.39 is 17.7 Å². The molecule has 192 valence electrons. The molecule has 1 heterocycles. The molecule has 0 aliphatic carbocycles. The molecule has 1 amide bonds. The highest BCUT2D eigenvalue weighted by molar-refractivity contribution is 6.51. The number of hydrogen-bond donors (Lipinski definition) is 1. The van der Waals surface area contributed by atoms with E-state index in [0.717, 1.165) is 11.1 Å². The van der Waals surface area contributed by atoms with Crippen molar-refractivity contribution in [2.45, 2.75) is 46.1 Å². The largest absolute Gasteiger partial charge is 0.507 e. The van der Waals surface area contributed by atoms with Gasteiger partial charge in [-0.1, -0.05) is 57.2 Å². The number of Topliss-reactive ketones (excluding diaryl/α,β-unsaturated/α-hetero) is 1. The van der Waals surface area contributed by atoms with Gasteiger partial charge in [0.1, 0.15) is 17.3 Å². The van der Waals surface area contributed by atoms with Crippen molar-refractivity contribution in [3.05, 3.63) is 94.6 Å². The van der Waals surface area contributed by atoms with Gasteiger partial charge in [0.05, 0.1) is 30.9 Å². The molecule has 0 radical (unpaired) electrons. The molecule has 0 saturated carbocycles. The van der Waals surface area contributed by atoms with E-state index in [4.69, 9.17) is 9.47 Å². The summed E-state index contributed by atoms with van der Waals surface area (Å²) in [6, 6.07) is 19.4. The molecular weight excluding hydrogens is 466 g/mol. The van der Waals surface area contributed by atoms with E-state index >= 15 is 0 Å². The molecule has 1 fully saturated rings. The summed E-state index contributed by atoms with van der Waals surface area (Å²) in [6.45, 7) is 10.5. The normalized spacial score (nSPS) is 17.2. The fourth-order valence-electron chi connectivity index (χ4n) is 4.65. The topological polar surface area (TPSA) is 76.1 Å². The monoisotopic (exact) mass is 499 g/mol. The van der Waals surface area contributed by atoms with Crippen LogP contribution in [-0.2, 0) is 15.0 Å². The van der Waals surface area contributed by atoms with Crippen molar-refractivity contribution >= 4 is 23.1 Å². The summed E-state index contributed by atoms with van der Waals surface area (Å²) >= 11 is 0. The average Bonchev–Trinajstić information content (AvgIpc) is 3.13. The molecule has 1 N–H and O–H groups in total. The van der Waals surface area contributed by atoms with Gasteiger partial charge in [-0.05, 0) is 66.3 Å². The lowest BCUT2D eigenvalue weighted by Crippen LogP contribution is -2.30. The minimum absolute atomic E-state index is 0.0155. The van der Waals surface area contributed by atoms with Gasteiger partial charge in [0.2, 0.25) is 0 Å². The number of hydrogen-bond acceptors (Lipinski definition) is 5. The first kappa shape index (κ1) is 26.0. The number of ketones is 1. The summed E-state index contributed by atoms with van der Waals surface area (Å²) in [5.74, 6) is -0.614. The molecule has 1 atom stereocenters. The molecule has 0 bridgehead atoms. The summed E-state index contributed by atoms with van der Waals surface area (Å²) in [7, 11) is 1.51. The molecule has 3 aromatic carbocycles. The first-order valence-corrected chi connectivity index (χ1v) is 12.4. The number of benzene rings is 3. The van der Waals surface area contributed by atoms with Gasteiger partial charge in [0, 0.05) is 5.69 Å². The standard InChI is InChI=1S/C31H33NO5/c1-7-37-22-15-12-20(13-16-22)27-26(29(34)30(35)32(27)24-11-9-8-10-19(24)2)28(33)23-18-21(31(3,4)5)14-17-25(23)36-6/h8-18,27,33H,7H2,1-6H3/b28-26+. The van der Waals surface area contributed by atoms with Crippen LogP contribution < -0.4 is 14.4 Å². The number of methoxy groups -OCH3 is 1. The summed E-state index contributed by atoms with van der Waals surface area (Å²) in [4.78, 5) is 28.6. The van der Waals surface area contributed by atoms with Crippen LogP contribution in [-0.4, -0.2) is 30.5 Å². The van der Waals surface area contributed by atoms with E-state index in [1.807, 2.05) is 62.4 Å². The Labute approximate surface area is 218 Å². The van der Waals surface area contributed by atoms with E-state index in [2.05, 4.69) is 20.8 Å². The van der Waals surface area contributed by atoms with Crippen molar-refractivity contribution in [3.63, 3.8) is 0 Å². The molecule has 4 rings (SSSR count). The van der Waals surface area contributed by atoms with Crippen molar-refractivity contribution in [2.24, 2.45) is 0 Å². The second-order valence-electron chi connectivity index (χ2n) is 10.1. The zero-order chi connectivity index (χ0) is 26.9. The predicted molar refractivity (Wildman–Crippen MR) is 145 cm³/mol. The maximum atomic E-state index is 13.6. The van der Waals surface area contributed by atoms with E-state index in [1.165, 1.54) is 12.0 Å². The van der Waals surface area contributed by atoms with Gasteiger partial charge in [0.15, 0.2) is 0 Å². The Morgan fingerprint density at radius 1 is 1.00 bits per heavy atom. The van der Waals surface area contributed by atoms with E-state index in [-0.39, 0.29) is 16.7 Å². The number of aliphatic hydroxyl groups excluding tert-OH is 1. The summed E-state index contributed by atoms with van der Waals surface area (Å²) in [5.41, 5.74) is 3.27.